The van der Waals surface area contributed by atoms with Gasteiger partial charge in [0.2, 0.25) is 0 Å². The largest absolute Gasteiger partial charge is 0.350 e. The molecule has 0 aliphatic heterocycles. The Labute approximate surface area is 118 Å². The van der Waals surface area contributed by atoms with Gasteiger partial charge in [-0.05, 0) is 53.4 Å². The monoisotopic (exact) mass is 359 g/mol. The molecule has 0 aromatic heterocycles. The van der Waals surface area contributed by atoms with E-state index in [1.165, 1.54) is 12.8 Å². The van der Waals surface area contributed by atoms with Crippen molar-refractivity contribution in [3.63, 3.8) is 0 Å². The zero-order chi connectivity index (χ0) is 12.4. The van der Waals surface area contributed by atoms with Crippen molar-refractivity contribution in [3.05, 3.63) is 32.7 Å². The number of amides is 1. The molecule has 92 valence electrons. The predicted octanol–water partition coefficient (Wildman–Crippen LogP) is 4.13. The topological polar surface area (TPSA) is 29.1 Å². The van der Waals surface area contributed by atoms with Gasteiger partial charge in [-0.25, -0.2) is 0 Å². The Morgan fingerprint density at radius 1 is 1.47 bits per heavy atom. The van der Waals surface area contributed by atoms with Crippen molar-refractivity contribution in [2.24, 2.45) is 5.92 Å². The SMILES string of the molecule is CC(CC1CC1)NC(=O)c1cc(Br)ccc1Br. The van der Waals surface area contributed by atoms with E-state index in [1.807, 2.05) is 18.2 Å². The molecule has 1 aliphatic carbocycles. The van der Waals surface area contributed by atoms with Gasteiger partial charge in [-0.2, -0.15) is 0 Å². The minimum atomic E-state index is -0.00803. The average molecular weight is 361 g/mol. The molecule has 0 saturated heterocycles. The molecule has 1 aromatic carbocycles. The number of rotatable bonds is 4. The molecular weight excluding hydrogens is 346 g/mol. The summed E-state index contributed by atoms with van der Waals surface area (Å²) >= 11 is 6.78. The van der Waals surface area contributed by atoms with Crippen LogP contribution in [0.15, 0.2) is 27.1 Å². The van der Waals surface area contributed by atoms with Crippen LogP contribution >= 0.6 is 31.9 Å². The fourth-order valence-electron chi connectivity index (χ4n) is 1.89. The van der Waals surface area contributed by atoms with E-state index in [1.54, 1.807) is 0 Å². The second kappa shape index (κ2) is 5.53. The van der Waals surface area contributed by atoms with Gasteiger partial charge in [0.05, 0.1) is 5.56 Å². The molecule has 0 radical (unpaired) electrons. The van der Waals surface area contributed by atoms with Crippen LogP contribution in [0.1, 0.15) is 36.5 Å². The minimum absolute atomic E-state index is 0.00803. The zero-order valence-corrected chi connectivity index (χ0v) is 12.8. The first-order valence-corrected chi connectivity index (χ1v) is 7.41. The van der Waals surface area contributed by atoms with Crippen molar-refractivity contribution in [3.8, 4) is 0 Å². The molecule has 1 N–H and O–H groups in total. The number of benzene rings is 1. The maximum Gasteiger partial charge on any atom is 0.252 e. The van der Waals surface area contributed by atoms with Crippen molar-refractivity contribution in [2.75, 3.05) is 0 Å². The van der Waals surface area contributed by atoms with Gasteiger partial charge in [0.25, 0.3) is 5.91 Å². The van der Waals surface area contributed by atoms with Crippen LogP contribution in [0.25, 0.3) is 0 Å². The third kappa shape index (κ3) is 3.81. The normalized spacial score (nSPS) is 16.6. The number of carbonyl (C=O) groups is 1. The first-order chi connectivity index (χ1) is 8.06. The van der Waals surface area contributed by atoms with Gasteiger partial charge in [0.1, 0.15) is 0 Å². The highest BCUT2D eigenvalue weighted by Crippen LogP contribution is 2.33. The Kier molecular flexibility index (Phi) is 4.26. The van der Waals surface area contributed by atoms with Gasteiger partial charge in [0.15, 0.2) is 0 Å². The van der Waals surface area contributed by atoms with Crippen LogP contribution in [-0.4, -0.2) is 11.9 Å². The van der Waals surface area contributed by atoms with E-state index in [4.69, 9.17) is 0 Å². The highest BCUT2D eigenvalue weighted by molar-refractivity contribution is 9.11. The second-order valence-electron chi connectivity index (χ2n) is 4.68. The lowest BCUT2D eigenvalue weighted by Crippen LogP contribution is -2.33. The summed E-state index contributed by atoms with van der Waals surface area (Å²) in [7, 11) is 0. The average Bonchev–Trinajstić information content (AvgIpc) is 3.05. The lowest BCUT2D eigenvalue weighted by Gasteiger charge is -2.14. The molecular formula is C13H15Br2NO. The number of nitrogens with one attached hydrogen (secondary N) is 1. The predicted molar refractivity (Wildman–Crippen MR) is 76.1 cm³/mol. The molecule has 0 bridgehead atoms. The molecule has 0 spiro atoms. The first kappa shape index (κ1) is 13.1. The van der Waals surface area contributed by atoms with Gasteiger partial charge >= 0.3 is 0 Å². The third-order valence-electron chi connectivity index (χ3n) is 2.93. The number of carbonyl (C=O) groups excluding carboxylic acids is 1. The van der Waals surface area contributed by atoms with Gasteiger partial charge in [-0.1, -0.05) is 28.8 Å². The van der Waals surface area contributed by atoms with Crippen LogP contribution in [0.3, 0.4) is 0 Å². The fraction of sp³-hybridized carbons (Fsp3) is 0.462. The molecule has 2 rings (SSSR count). The van der Waals surface area contributed by atoms with Crippen molar-refractivity contribution < 1.29 is 4.79 Å². The van der Waals surface area contributed by atoms with Crippen LogP contribution in [-0.2, 0) is 0 Å². The number of hydrogen-bond donors (Lipinski definition) is 1. The first-order valence-electron chi connectivity index (χ1n) is 5.82. The summed E-state index contributed by atoms with van der Waals surface area (Å²) in [5.74, 6) is 0.822. The molecule has 1 unspecified atom stereocenters. The van der Waals surface area contributed by atoms with Gasteiger partial charge < -0.3 is 5.32 Å². The number of halogens is 2. The highest BCUT2D eigenvalue weighted by atomic mass is 79.9. The maximum atomic E-state index is 12.1. The van der Waals surface area contributed by atoms with Crippen molar-refractivity contribution in [1.82, 2.24) is 5.32 Å². The molecule has 1 aromatic rings. The molecule has 1 aliphatic rings. The van der Waals surface area contributed by atoms with Gasteiger partial charge in [-0.15, -0.1) is 0 Å². The van der Waals surface area contributed by atoms with E-state index in [2.05, 4.69) is 44.1 Å². The molecule has 1 saturated carbocycles. The van der Waals surface area contributed by atoms with Crippen LogP contribution in [0.4, 0.5) is 0 Å². The summed E-state index contributed by atoms with van der Waals surface area (Å²) in [5, 5.41) is 3.05. The molecule has 1 atom stereocenters. The van der Waals surface area contributed by atoms with E-state index in [0.29, 0.717) is 5.56 Å². The van der Waals surface area contributed by atoms with Crippen molar-refractivity contribution in [1.29, 1.82) is 0 Å². The Morgan fingerprint density at radius 2 is 2.18 bits per heavy atom. The van der Waals surface area contributed by atoms with Crippen LogP contribution in [0, 0.1) is 5.92 Å². The molecule has 4 heteroatoms. The Morgan fingerprint density at radius 3 is 2.82 bits per heavy atom. The lowest BCUT2D eigenvalue weighted by atomic mass is 10.1. The van der Waals surface area contributed by atoms with E-state index in [-0.39, 0.29) is 11.9 Å². The van der Waals surface area contributed by atoms with E-state index in [9.17, 15) is 4.79 Å². The summed E-state index contributed by atoms with van der Waals surface area (Å²) in [5.41, 5.74) is 0.682. The summed E-state index contributed by atoms with van der Waals surface area (Å²) in [6.45, 7) is 2.07. The Balaban J connectivity index is 2.00. The Hall–Kier alpha value is -0.350. The quantitative estimate of drug-likeness (QED) is 0.859. The van der Waals surface area contributed by atoms with Gasteiger partial charge in [0, 0.05) is 15.0 Å². The fourth-order valence-corrected chi connectivity index (χ4v) is 2.67. The van der Waals surface area contributed by atoms with E-state index >= 15 is 0 Å². The van der Waals surface area contributed by atoms with Crippen LogP contribution in [0.5, 0.6) is 0 Å². The molecule has 0 heterocycles. The number of hydrogen-bond acceptors (Lipinski definition) is 1. The molecule has 2 nitrogen and oxygen atoms in total. The van der Waals surface area contributed by atoms with Gasteiger partial charge in [-0.3, -0.25) is 4.79 Å². The van der Waals surface area contributed by atoms with Crippen molar-refractivity contribution in [2.45, 2.75) is 32.2 Å². The lowest BCUT2D eigenvalue weighted by molar-refractivity contribution is 0.0936. The summed E-state index contributed by atoms with van der Waals surface area (Å²) in [4.78, 5) is 12.1. The smallest absolute Gasteiger partial charge is 0.252 e. The summed E-state index contributed by atoms with van der Waals surface area (Å²) in [6, 6.07) is 5.88. The zero-order valence-electron chi connectivity index (χ0n) is 9.67. The second-order valence-corrected chi connectivity index (χ2v) is 6.45. The van der Waals surface area contributed by atoms with E-state index < -0.39 is 0 Å². The summed E-state index contributed by atoms with van der Waals surface area (Å²) in [6.07, 6.45) is 3.74. The maximum absolute atomic E-state index is 12.1. The van der Waals surface area contributed by atoms with Crippen molar-refractivity contribution >= 4 is 37.8 Å². The third-order valence-corrected chi connectivity index (χ3v) is 4.12. The van der Waals surface area contributed by atoms with E-state index in [0.717, 1.165) is 21.3 Å². The van der Waals surface area contributed by atoms with Crippen LogP contribution < -0.4 is 5.32 Å². The standard InChI is InChI=1S/C13H15Br2NO/c1-8(6-9-2-3-9)16-13(17)11-7-10(14)4-5-12(11)15/h4-5,7-9H,2-3,6H2,1H3,(H,16,17). The summed E-state index contributed by atoms with van der Waals surface area (Å²) < 4.78 is 1.75. The highest BCUT2D eigenvalue weighted by Gasteiger charge is 2.24. The molecule has 17 heavy (non-hydrogen) atoms. The minimum Gasteiger partial charge on any atom is -0.350 e. The van der Waals surface area contributed by atoms with Crippen LogP contribution in [0.2, 0.25) is 0 Å². The Bertz CT molecular complexity index is 429. The molecule has 1 amide bonds. The molecule has 1 fully saturated rings.